The summed E-state index contributed by atoms with van der Waals surface area (Å²) in [7, 11) is 0. The first kappa shape index (κ1) is 16.7. The SMILES string of the molecule is CCCN(CCO)C(=O)NC(C)c1c(F)cccc1Cl. The average molecular weight is 303 g/mol. The van der Waals surface area contributed by atoms with E-state index in [1.807, 2.05) is 6.92 Å². The number of hydrogen-bond acceptors (Lipinski definition) is 2. The van der Waals surface area contributed by atoms with Crippen molar-refractivity contribution in [1.82, 2.24) is 10.2 Å². The molecular weight excluding hydrogens is 283 g/mol. The minimum absolute atomic E-state index is 0.109. The fourth-order valence-corrected chi connectivity index (χ4v) is 2.31. The zero-order valence-electron chi connectivity index (χ0n) is 11.7. The van der Waals surface area contributed by atoms with Gasteiger partial charge in [0.2, 0.25) is 0 Å². The third-order valence-corrected chi connectivity index (χ3v) is 3.25. The molecule has 0 spiro atoms. The van der Waals surface area contributed by atoms with E-state index >= 15 is 0 Å². The molecule has 0 aliphatic carbocycles. The standard InChI is InChI=1S/C14H20ClFN2O2/c1-3-7-18(8-9-19)14(20)17-10(2)13-11(15)5-4-6-12(13)16/h4-6,10,19H,3,7-9H2,1-2H3,(H,17,20). The third-order valence-electron chi connectivity index (χ3n) is 2.92. The van der Waals surface area contributed by atoms with Crippen molar-refractivity contribution >= 4 is 17.6 Å². The number of benzene rings is 1. The van der Waals surface area contributed by atoms with Crippen LogP contribution in [0, 0.1) is 5.82 Å². The van der Waals surface area contributed by atoms with Crippen LogP contribution in [0.25, 0.3) is 0 Å². The van der Waals surface area contributed by atoms with Gasteiger partial charge in [0.1, 0.15) is 5.82 Å². The molecule has 1 unspecified atom stereocenters. The summed E-state index contributed by atoms with van der Waals surface area (Å²) < 4.78 is 13.8. The average Bonchev–Trinajstić information content (AvgIpc) is 2.38. The summed E-state index contributed by atoms with van der Waals surface area (Å²) in [4.78, 5) is 13.6. The highest BCUT2D eigenvalue weighted by molar-refractivity contribution is 6.31. The van der Waals surface area contributed by atoms with Gasteiger partial charge in [-0.15, -0.1) is 0 Å². The van der Waals surface area contributed by atoms with Crippen molar-refractivity contribution in [3.8, 4) is 0 Å². The third kappa shape index (κ3) is 4.35. The number of halogens is 2. The molecule has 2 N–H and O–H groups in total. The number of carbonyl (C=O) groups excluding carboxylic acids is 1. The predicted octanol–water partition coefficient (Wildman–Crippen LogP) is 2.95. The van der Waals surface area contributed by atoms with Crippen molar-refractivity contribution in [2.24, 2.45) is 0 Å². The number of carbonyl (C=O) groups is 1. The Hall–Kier alpha value is -1.33. The summed E-state index contributed by atoms with van der Waals surface area (Å²) in [6, 6.07) is 3.52. The van der Waals surface area contributed by atoms with E-state index in [-0.39, 0.29) is 29.8 Å². The highest BCUT2D eigenvalue weighted by Gasteiger charge is 2.19. The van der Waals surface area contributed by atoms with Crippen molar-refractivity contribution in [3.05, 3.63) is 34.6 Å². The highest BCUT2D eigenvalue weighted by Crippen LogP contribution is 2.25. The number of rotatable bonds is 6. The van der Waals surface area contributed by atoms with Crippen molar-refractivity contribution in [3.63, 3.8) is 0 Å². The molecular formula is C14H20ClFN2O2. The van der Waals surface area contributed by atoms with Gasteiger partial charge in [0.05, 0.1) is 12.6 Å². The van der Waals surface area contributed by atoms with Gasteiger partial charge in [-0.25, -0.2) is 9.18 Å². The van der Waals surface area contributed by atoms with E-state index in [0.717, 1.165) is 6.42 Å². The molecule has 1 aromatic carbocycles. The van der Waals surface area contributed by atoms with Gasteiger partial charge in [0.25, 0.3) is 0 Å². The van der Waals surface area contributed by atoms with E-state index in [4.69, 9.17) is 16.7 Å². The fraction of sp³-hybridized carbons (Fsp3) is 0.500. The van der Waals surface area contributed by atoms with Crippen LogP contribution in [0.1, 0.15) is 31.9 Å². The van der Waals surface area contributed by atoms with Crippen molar-refractivity contribution < 1.29 is 14.3 Å². The van der Waals surface area contributed by atoms with E-state index in [1.165, 1.54) is 17.0 Å². The first-order chi connectivity index (χ1) is 9.51. The largest absolute Gasteiger partial charge is 0.395 e. The van der Waals surface area contributed by atoms with Crippen LogP contribution in [0.3, 0.4) is 0 Å². The zero-order valence-corrected chi connectivity index (χ0v) is 12.5. The first-order valence-corrected chi connectivity index (χ1v) is 6.99. The van der Waals surface area contributed by atoms with Crippen LogP contribution in [0.5, 0.6) is 0 Å². The molecule has 0 aromatic heterocycles. The van der Waals surface area contributed by atoms with E-state index in [2.05, 4.69) is 5.32 Å². The number of hydrogen-bond donors (Lipinski definition) is 2. The summed E-state index contributed by atoms with van der Waals surface area (Å²) in [6.07, 6.45) is 0.780. The maximum Gasteiger partial charge on any atom is 0.317 e. The Morgan fingerprint density at radius 3 is 2.75 bits per heavy atom. The molecule has 1 atom stereocenters. The molecule has 112 valence electrons. The second-order valence-electron chi connectivity index (χ2n) is 4.52. The van der Waals surface area contributed by atoms with E-state index < -0.39 is 11.9 Å². The molecule has 0 heterocycles. The second kappa shape index (κ2) is 8.07. The van der Waals surface area contributed by atoms with Crippen LogP contribution in [0.4, 0.5) is 9.18 Å². The van der Waals surface area contributed by atoms with Crippen LogP contribution >= 0.6 is 11.6 Å². The molecule has 6 heteroatoms. The molecule has 2 amide bonds. The summed E-state index contributed by atoms with van der Waals surface area (Å²) in [5.74, 6) is -0.450. The number of urea groups is 1. The molecule has 0 bridgehead atoms. The molecule has 1 rings (SSSR count). The number of nitrogens with zero attached hydrogens (tertiary/aromatic N) is 1. The number of aliphatic hydroxyl groups excluding tert-OH is 1. The fourth-order valence-electron chi connectivity index (χ4n) is 1.98. The lowest BCUT2D eigenvalue weighted by molar-refractivity contribution is 0.174. The second-order valence-corrected chi connectivity index (χ2v) is 4.92. The molecule has 4 nitrogen and oxygen atoms in total. The molecule has 0 aliphatic heterocycles. The maximum atomic E-state index is 13.8. The van der Waals surface area contributed by atoms with Crippen LogP contribution < -0.4 is 5.32 Å². The van der Waals surface area contributed by atoms with Gasteiger partial charge >= 0.3 is 6.03 Å². The first-order valence-electron chi connectivity index (χ1n) is 6.61. The predicted molar refractivity (Wildman–Crippen MR) is 77.3 cm³/mol. The van der Waals surface area contributed by atoms with Gasteiger partial charge in [-0.3, -0.25) is 0 Å². The quantitative estimate of drug-likeness (QED) is 0.849. The maximum absolute atomic E-state index is 13.8. The smallest absolute Gasteiger partial charge is 0.317 e. The van der Waals surface area contributed by atoms with Gasteiger partial charge in [0, 0.05) is 23.7 Å². The molecule has 0 aliphatic rings. The molecule has 0 radical (unpaired) electrons. The van der Waals surface area contributed by atoms with E-state index in [0.29, 0.717) is 6.54 Å². The van der Waals surface area contributed by atoms with Crippen LogP contribution in [-0.4, -0.2) is 35.7 Å². The zero-order chi connectivity index (χ0) is 15.1. The normalized spacial score (nSPS) is 12.1. The molecule has 0 saturated carbocycles. The van der Waals surface area contributed by atoms with E-state index in [9.17, 15) is 9.18 Å². The number of amides is 2. The van der Waals surface area contributed by atoms with E-state index in [1.54, 1.807) is 13.0 Å². The van der Waals surface area contributed by atoms with Crippen LogP contribution in [0.2, 0.25) is 5.02 Å². The summed E-state index contributed by atoms with van der Waals surface area (Å²) in [5.41, 5.74) is 0.267. The van der Waals surface area contributed by atoms with Crippen molar-refractivity contribution in [2.75, 3.05) is 19.7 Å². The van der Waals surface area contributed by atoms with Crippen molar-refractivity contribution in [2.45, 2.75) is 26.3 Å². The Kier molecular flexibility index (Phi) is 6.75. The molecule has 0 saturated heterocycles. The van der Waals surface area contributed by atoms with Crippen LogP contribution in [-0.2, 0) is 0 Å². The van der Waals surface area contributed by atoms with Gasteiger partial charge < -0.3 is 15.3 Å². The summed E-state index contributed by atoms with van der Waals surface area (Å²) in [6.45, 7) is 4.28. The number of aliphatic hydroxyl groups is 1. The Morgan fingerprint density at radius 2 is 2.20 bits per heavy atom. The lowest BCUT2D eigenvalue weighted by atomic mass is 10.1. The topological polar surface area (TPSA) is 52.6 Å². The minimum Gasteiger partial charge on any atom is -0.395 e. The molecule has 0 fully saturated rings. The molecule has 20 heavy (non-hydrogen) atoms. The van der Waals surface area contributed by atoms with Gasteiger partial charge in [-0.05, 0) is 25.5 Å². The Balaban J connectivity index is 2.78. The Labute approximate surface area is 123 Å². The van der Waals surface area contributed by atoms with Gasteiger partial charge in [0.15, 0.2) is 0 Å². The summed E-state index contributed by atoms with van der Waals surface area (Å²) in [5, 5.41) is 11.9. The Morgan fingerprint density at radius 1 is 1.50 bits per heavy atom. The Bertz CT molecular complexity index is 431. The van der Waals surface area contributed by atoms with Crippen LogP contribution in [0.15, 0.2) is 18.2 Å². The van der Waals surface area contributed by atoms with Gasteiger partial charge in [-0.2, -0.15) is 0 Å². The molecule has 1 aromatic rings. The minimum atomic E-state index is -0.547. The van der Waals surface area contributed by atoms with Crippen molar-refractivity contribution in [1.29, 1.82) is 0 Å². The monoisotopic (exact) mass is 302 g/mol. The summed E-state index contributed by atoms with van der Waals surface area (Å²) >= 11 is 5.96. The lowest BCUT2D eigenvalue weighted by Crippen LogP contribution is -2.43. The van der Waals surface area contributed by atoms with Gasteiger partial charge in [-0.1, -0.05) is 24.6 Å². The number of nitrogens with one attached hydrogen (secondary N) is 1. The lowest BCUT2D eigenvalue weighted by Gasteiger charge is -2.24. The highest BCUT2D eigenvalue weighted by atomic mass is 35.5.